The lowest BCUT2D eigenvalue weighted by molar-refractivity contribution is -0.140. The van der Waals surface area contributed by atoms with Crippen molar-refractivity contribution >= 4 is 11.8 Å². The highest BCUT2D eigenvalue weighted by Gasteiger charge is 2.51. The number of amides is 2. The molecule has 1 heterocycles. The molecule has 1 N–H and O–H groups in total. The maximum atomic E-state index is 13.3. The molecule has 5 aliphatic rings. The molecule has 4 bridgehead atoms. The van der Waals surface area contributed by atoms with Crippen LogP contribution in [0.1, 0.15) is 68.1 Å². The molecule has 1 saturated heterocycles. The molecule has 4 nitrogen and oxygen atoms in total. The smallest absolute Gasteiger partial charge is 0.251 e. The van der Waals surface area contributed by atoms with Crippen molar-refractivity contribution in [1.29, 1.82) is 0 Å². The predicted molar refractivity (Wildman–Crippen MR) is 109 cm³/mol. The first-order chi connectivity index (χ1) is 14.0. The van der Waals surface area contributed by atoms with E-state index in [1.807, 2.05) is 4.90 Å². The van der Waals surface area contributed by atoms with E-state index >= 15 is 0 Å². The molecule has 4 saturated carbocycles. The van der Waals surface area contributed by atoms with E-state index < -0.39 is 5.82 Å². The molecule has 0 unspecified atom stereocenters. The molecule has 5 fully saturated rings. The molecule has 0 aromatic heterocycles. The van der Waals surface area contributed by atoms with Gasteiger partial charge in [0.05, 0.1) is 0 Å². The SMILES string of the molecule is O=C(NC1CCN(C(=O)CC23CC4CC(CC(C4)C2)C3)CC1)c1cccc(F)c1. The number of hydrogen-bond acceptors (Lipinski definition) is 2. The quantitative estimate of drug-likeness (QED) is 0.828. The summed E-state index contributed by atoms with van der Waals surface area (Å²) in [4.78, 5) is 27.4. The lowest BCUT2D eigenvalue weighted by atomic mass is 9.49. The Hall–Kier alpha value is -1.91. The monoisotopic (exact) mass is 398 g/mol. The third-order valence-electron chi connectivity index (χ3n) is 7.96. The van der Waals surface area contributed by atoms with E-state index in [0.717, 1.165) is 37.0 Å². The van der Waals surface area contributed by atoms with Crippen LogP contribution in [0.15, 0.2) is 24.3 Å². The summed E-state index contributed by atoms with van der Waals surface area (Å²) in [6.07, 6.45) is 10.3. The van der Waals surface area contributed by atoms with E-state index in [1.165, 1.54) is 50.7 Å². The minimum atomic E-state index is -0.400. The maximum Gasteiger partial charge on any atom is 0.251 e. The summed E-state index contributed by atoms with van der Waals surface area (Å²) >= 11 is 0. The third-order valence-corrected chi connectivity index (χ3v) is 7.96. The van der Waals surface area contributed by atoms with Crippen molar-refractivity contribution in [2.24, 2.45) is 23.2 Å². The lowest BCUT2D eigenvalue weighted by Crippen LogP contribution is -2.50. The standard InChI is InChI=1S/C24H31FN2O2/c25-20-3-1-2-19(11-20)23(29)26-21-4-6-27(7-5-21)22(28)15-24-12-16-8-17(13-24)10-18(9-16)14-24/h1-3,11,16-18,21H,4-10,12-15H2,(H,26,29). The first-order valence-electron chi connectivity index (χ1n) is 11.3. The van der Waals surface area contributed by atoms with E-state index in [-0.39, 0.29) is 17.4 Å². The second kappa shape index (κ2) is 7.41. The van der Waals surface area contributed by atoms with Crippen molar-refractivity contribution in [3.63, 3.8) is 0 Å². The Labute approximate surface area is 172 Å². The number of nitrogens with zero attached hydrogens (tertiary/aromatic N) is 1. The highest BCUT2D eigenvalue weighted by Crippen LogP contribution is 2.61. The zero-order valence-electron chi connectivity index (χ0n) is 17.0. The Kier molecular flexibility index (Phi) is 4.87. The van der Waals surface area contributed by atoms with E-state index in [4.69, 9.17) is 0 Å². The van der Waals surface area contributed by atoms with E-state index in [2.05, 4.69) is 5.32 Å². The Balaban J connectivity index is 1.13. The lowest BCUT2D eigenvalue weighted by Gasteiger charge is -2.57. The third kappa shape index (κ3) is 3.93. The number of halogens is 1. The topological polar surface area (TPSA) is 49.4 Å². The summed E-state index contributed by atoms with van der Waals surface area (Å²) in [7, 11) is 0. The fourth-order valence-corrected chi connectivity index (χ4v) is 7.11. The van der Waals surface area contributed by atoms with Gasteiger partial charge in [-0.3, -0.25) is 9.59 Å². The fourth-order valence-electron chi connectivity index (χ4n) is 7.11. The van der Waals surface area contributed by atoms with Crippen LogP contribution in [0.2, 0.25) is 0 Å². The highest BCUT2D eigenvalue weighted by atomic mass is 19.1. The van der Waals surface area contributed by atoms with E-state index in [1.54, 1.807) is 12.1 Å². The molecule has 0 radical (unpaired) electrons. The Bertz CT molecular complexity index is 765. The molecule has 29 heavy (non-hydrogen) atoms. The molecule has 4 aliphatic carbocycles. The maximum absolute atomic E-state index is 13.3. The minimum Gasteiger partial charge on any atom is -0.349 e. The van der Waals surface area contributed by atoms with Crippen molar-refractivity contribution in [2.45, 2.75) is 63.8 Å². The highest BCUT2D eigenvalue weighted by molar-refractivity contribution is 5.94. The summed E-state index contributed by atoms with van der Waals surface area (Å²) in [6.45, 7) is 1.42. The average molecular weight is 399 g/mol. The van der Waals surface area contributed by atoms with Gasteiger partial charge < -0.3 is 10.2 Å². The van der Waals surface area contributed by atoms with Crippen molar-refractivity contribution in [1.82, 2.24) is 10.2 Å². The number of rotatable bonds is 4. The van der Waals surface area contributed by atoms with E-state index in [9.17, 15) is 14.0 Å². The van der Waals surface area contributed by atoms with Gasteiger partial charge in [0.2, 0.25) is 5.91 Å². The Morgan fingerprint density at radius 1 is 1.03 bits per heavy atom. The molecule has 0 spiro atoms. The molecule has 1 aliphatic heterocycles. The molecular weight excluding hydrogens is 367 g/mol. The number of piperidine rings is 1. The summed E-state index contributed by atoms with van der Waals surface area (Å²) in [5.41, 5.74) is 0.638. The summed E-state index contributed by atoms with van der Waals surface area (Å²) in [6, 6.07) is 5.83. The molecule has 2 amide bonds. The second-order valence-corrected chi connectivity index (χ2v) is 10.2. The molecular formula is C24H31FN2O2. The minimum absolute atomic E-state index is 0.0503. The number of hydrogen-bond donors (Lipinski definition) is 1. The van der Waals surface area contributed by atoms with Gasteiger partial charge in [0.25, 0.3) is 5.91 Å². The van der Waals surface area contributed by atoms with Crippen LogP contribution in [0.3, 0.4) is 0 Å². The zero-order valence-corrected chi connectivity index (χ0v) is 17.0. The van der Waals surface area contributed by atoms with Crippen LogP contribution in [0.4, 0.5) is 4.39 Å². The van der Waals surface area contributed by atoms with Crippen LogP contribution in [0, 0.1) is 29.0 Å². The van der Waals surface area contributed by atoms with Crippen molar-refractivity contribution in [2.75, 3.05) is 13.1 Å². The largest absolute Gasteiger partial charge is 0.349 e. The molecule has 6 rings (SSSR count). The number of benzene rings is 1. The van der Waals surface area contributed by atoms with Crippen molar-refractivity contribution in [3.8, 4) is 0 Å². The Morgan fingerprint density at radius 2 is 1.66 bits per heavy atom. The summed E-state index contributed by atoms with van der Waals surface area (Å²) in [5, 5.41) is 3.00. The van der Waals surface area contributed by atoms with Gasteiger partial charge in [-0.25, -0.2) is 4.39 Å². The molecule has 5 heteroatoms. The first kappa shape index (κ1) is 19.1. The van der Waals surface area contributed by atoms with Gasteiger partial charge in [0, 0.05) is 31.1 Å². The van der Waals surface area contributed by atoms with Crippen molar-refractivity contribution < 1.29 is 14.0 Å². The number of carbonyl (C=O) groups excluding carboxylic acids is 2. The second-order valence-electron chi connectivity index (χ2n) is 10.2. The zero-order chi connectivity index (χ0) is 20.0. The van der Waals surface area contributed by atoms with Crippen LogP contribution in [-0.2, 0) is 4.79 Å². The van der Waals surface area contributed by atoms with Gasteiger partial charge in [-0.15, -0.1) is 0 Å². The molecule has 1 aromatic rings. The summed E-state index contributed by atoms with van der Waals surface area (Å²) in [5.74, 6) is 2.31. The normalized spacial score (nSPS) is 33.7. The first-order valence-corrected chi connectivity index (χ1v) is 11.3. The number of nitrogens with one attached hydrogen (secondary N) is 1. The van der Waals surface area contributed by atoms with Crippen molar-refractivity contribution in [3.05, 3.63) is 35.6 Å². The van der Waals surface area contributed by atoms with Gasteiger partial charge in [-0.2, -0.15) is 0 Å². The molecule has 0 atom stereocenters. The van der Waals surface area contributed by atoms with Gasteiger partial charge in [0.1, 0.15) is 5.82 Å². The molecule has 1 aromatic carbocycles. The number of carbonyl (C=O) groups is 2. The van der Waals surface area contributed by atoms with Gasteiger partial charge in [0.15, 0.2) is 0 Å². The van der Waals surface area contributed by atoms with Gasteiger partial charge in [-0.1, -0.05) is 6.07 Å². The molecule has 156 valence electrons. The Morgan fingerprint density at radius 3 is 2.24 bits per heavy atom. The number of likely N-dealkylation sites (tertiary alicyclic amines) is 1. The summed E-state index contributed by atoms with van der Waals surface area (Å²) < 4.78 is 13.3. The van der Waals surface area contributed by atoms with E-state index in [0.29, 0.717) is 24.6 Å². The van der Waals surface area contributed by atoms with Crippen LogP contribution in [0.5, 0.6) is 0 Å². The van der Waals surface area contributed by atoms with Gasteiger partial charge in [-0.05, 0) is 92.7 Å². The van der Waals surface area contributed by atoms with Crippen LogP contribution >= 0.6 is 0 Å². The van der Waals surface area contributed by atoms with Crippen LogP contribution in [0.25, 0.3) is 0 Å². The van der Waals surface area contributed by atoms with Crippen LogP contribution in [-0.4, -0.2) is 35.8 Å². The van der Waals surface area contributed by atoms with Crippen LogP contribution < -0.4 is 5.32 Å². The van der Waals surface area contributed by atoms with Gasteiger partial charge >= 0.3 is 0 Å². The average Bonchev–Trinajstić information content (AvgIpc) is 2.67. The predicted octanol–water partition coefficient (Wildman–Crippen LogP) is 4.15. The fraction of sp³-hybridized carbons (Fsp3) is 0.667.